The first-order valence-corrected chi connectivity index (χ1v) is 8.12. The number of anilines is 1. The summed E-state index contributed by atoms with van der Waals surface area (Å²) in [4.78, 5) is 24.5. The number of carbonyl (C=O) groups is 2. The van der Waals surface area contributed by atoms with Gasteiger partial charge in [0.25, 0.3) is 5.91 Å². The van der Waals surface area contributed by atoms with Gasteiger partial charge in [0.2, 0.25) is 0 Å². The molecule has 2 heterocycles. The zero-order valence-electron chi connectivity index (χ0n) is 12.2. The van der Waals surface area contributed by atoms with Crippen molar-refractivity contribution in [1.82, 2.24) is 10.6 Å². The summed E-state index contributed by atoms with van der Waals surface area (Å²) in [7, 11) is 0. The van der Waals surface area contributed by atoms with Crippen molar-refractivity contribution in [3.8, 4) is 0 Å². The zero-order valence-corrected chi connectivity index (χ0v) is 13.0. The predicted molar refractivity (Wildman–Crippen MR) is 84.9 cm³/mol. The summed E-state index contributed by atoms with van der Waals surface area (Å²) in [5, 5.41) is 9.42. The van der Waals surface area contributed by atoms with Crippen LogP contribution in [0.25, 0.3) is 0 Å². The number of rotatable bonds is 4. The Balaban J connectivity index is 2.09. The second-order valence-corrected chi connectivity index (χ2v) is 6.31. The first-order chi connectivity index (χ1) is 10.1. The Morgan fingerprint density at radius 3 is 3.00 bits per heavy atom. The SMILES string of the molecule is CCc1cc(C(=O)N[C@H]2CCCCNC2)c(NC(N)=O)s1. The van der Waals surface area contributed by atoms with Gasteiger partial charge in [-0.1, -0.05) is 13.3 Å². The van der Waals surface area contributed by atoms with Crippen LogP contribution in [0, 0.1) is 0 Å². The standard InChI is InChI=1S/C14H22N4O2S/c1-2-10-7-11(13(21-10)18-14(15)20)12(19)17-9-5-3-4-6-16-8-9/h7,9,16H,2-6,8H2,1H3,(H,17,19)(H3,15,18,20)/t9-/m0/s1. The fraction of sp³-hybridized carbons (Fsp3) is 0.571. The summed E-state index contributed by atoms with van der Waals surface area (Å²) >= 11 is 1.39. The van der Waals surface area contributed by atoms with E-state index in [0.717, 1.165) is 43.6 Å². The number of hydrogen-bond donors (Lipinski definition) is 4. The molecular weight excluding hydrogens is 288 g/mol. The lowest BCUT2D eigenvalue weighted by molar-refractivity contribution is 0.0937. The highest BCUT2D eigenvalue weighted by molar-refractivity contribution is 7.16. The highest BCUT2D eigenvalue weighted by Crippen LogP contribution is 2.28. The summed E-state index contributed by atoms with van der Waals surface area (Å²) in [6, 6.07) is 1.31. The summed E-state index contributed by atoms with van der Waals surface area (Å²) in [5.41, 5.74) is 5.66. The van der Waals surface area contributed by atoms with Crippen molar-refractivity contribution in [3.05, 3.63) is 16.5 Å². The minimum Gasteiger partial charge on any atom is -0.351 e. The maximum absolute atomic E-state index is 12.4. The molecule has 2 rings (SSSR count). The molecule has 1 atom stereocenters. The van der Waals surface area contributed by atoms with Crippen LogP contribution in [-0.2, 0) is 6.42 Å². The molecule has 1 aliphatic rings. The molecule has 0 bridgehead atoms. The average Bonchev–Trinajstić information content (AvgIpc) is 2.66. The van der Waals surface area contributed by atoms with Crippen molar-refractivity contribution < 1.29 is 9.59 Å². The second kappa shape index (κ2) is 7.42. The smallest absolute Gasteiger partial charge is 0.317 e. The van der Waals surface area contributed by atoms with E-state index < -0.39 is 6.03 Å². The number of thiophene rings is 1. The number of nitrogens with one attached hydrogen (secondary N) is 3. The van der Waals surface area contributed by atoms with E-state index in [-0.39, 0.29) is 11.9 Å². The van der Waals surface area contributed by atoms with Gasteiger partial charge in [-0.2, -0.15) is 0 Å². The molecule has 116 valence electrons. The number of urea groups is 1. The van der Waals surface area contributed by atoms with Crippen LogP contribution in [0.5, 0.6) is 0 Å². The molecule has 21 heavy (non-hydrogen) atoms. The Bertz CT molecular complexity index is 507. The molecule has 5 N–H and O–H groups in total. The third-order valence-corrected chi connectivity index (χ3v) is 4.69. The van der Waals surface area contributed by atoms with Gasteiger partial charge in [0.15, 0.2) is 0 Å². The van der Waals surface area contributed by atoms with Gasteiger partial charge in [-0.05, 0) is 31.9 Å². The normalized spacial score (nSPS) is 18.8. The largest absolute Gasteiger partial charge is 0.351 e. The van der Waals surface area contributed by atoms with Gasteiger partial charge in [0.1, 0.15) is 5.00 Å². The number of aryl methyl sites for hydroxylation is 1. The third-order valence-electron chi connectivity index (χ3n) is 3.50. The molecule has 7 heteroatoms. The summed E-state index contributed by atoms with van der Waals surface area (Å²) in [6.07, 6.45) is 4.03. The van der Waals surface area contributed by atoms with E-state index in [1.165, 1.54) is 11.3 Å². The summed E-state index contributed by atoms with van der Waals surface area (Å²) < 4.78 is 0. The van der Waals surface area contributed by atoms with E-state index in [1.807, 2.05) is 13.0 Å². The number of nitrogens with two attached hydrogens (primary N) is 1. The van der Waals surface area contributed by atoms with Crippen molar-refractivity contribution in [2.45, 2.75) is 38.6 Å². The van der Waals surface area contributed by atoms with Crippen molar-refractivity contribution in [1.29, 1.82) is 0 Å². The number of carbonyl (C=O) groups excluding carboxylic acids is 2. The maximum Gasteiger partial charge on any atom is 0.317 e. The van der Waals surface area contributed by atoms with Crippen molar-refractivity contribution in [2.75, 3.05) is 18.4 Å². The molecular formula is C14H22N4O2S. The molecule has 0 spiro atoms. The fourth-order valence-electron chi connectivity index (χ4n) is 2.40. The quantitative estimate of drug-likeness (QED) is 0.681. The lowest BCUT2D eigenvalue weighted by Crippen LogP contribution is -2.41. The van der Waals surface area contributed by atoms with E-state index in [4.69, 9.17) is 5.73 Å². The molecule has 1 aromatic rings. The first-order valence-electron chi connectivity index (χ1n) is 7.31. The van der Waals surface area contributed by atoms with Crippen LogP contribution in [0.15, 0.2) is 6.07 Å². The minimum absolute atomic E-state index is 0.131. The molecule has 1 aromatic heterocycles. The van der Waals surface area contributed by atoms with Crippen molar-refractivity contribution >= 4 is 28.3 Å². The second-order valence-electron chi connectivity index (χ2n) is 5.17. The van der Waals surface area contributed by atoms with Crippen LogP contribution in [-0.4, -0.2) is 31.1 Å². The van der Waals surface area contributed by atoms with Crippen molar-refractivity contribution in [3.63, 3.8) is 0 Å². The highest BCUT2D eigenvalue weighted by atomic mass is 32.1. The van der Waals surface area contributed by atoms with Gasteiger partial charge in [-0.25, -0.2) is 4.79 Å². The molecule has 6 nitrogen and oxygen atoms in total. The van der Waals surface area contributed by atoms with Crippen LogP contribution in [0.1, 0.15) is 41.4 Å². The Labute approximate surface area is 128 Å². The Morgan fingerprint density at radius 2 is 2.29 bits per heavy atom. The number of amides is 3. The Kier molecular flexibility index (Phi) is 5.58. The van der Waals surface area contributed by atoms with Crippen LogP contribution < -0.4 is 21.7 Å². The van der Waals surface area contributed by atoms with E-state index in [2.05, 4.69) is 16.0 Å². The Morgan fingerprint density at radius 1 is 1.48 bits per heavy atom. The fourth-order valence-corrected chi connectivity index (χ4v) is 3.39. The van der Waals surface area contributed by atoms with E-state index in [0.29, 0.717) is 10.6 Å². The van der Waals surface area contributed by atoms with E-state index in [9.17, 15) is 9.59 Å². The molecule has 1 saturated heterocycles. The van der Waals surface area contributed by atoms with E-state index in [1.54, 1.807) is 0 Å². The predicted octanol–water partition coefficient (Wildman–Crippen LogP) is 1.67. The van der Waals surface area contributed by atoms with Gasteiger partial charge in [-0.15, -0.1) is 11.3 Å². The molecule has 0 radical (unpaired) electrons. The maximum atomic E-state index is 12.4. The molecule has 3 amide bonds. The lowest BCUT2D eigenvalue weighted by atomic mass is 10.1. The summed E-state index contributed by atoms with van der Waals surface area (Å²) in [5.74, 6) is -0.150. The summed E-state index contributed by atoms with van der Waals surface area (Å²) in [6.45, 7) is 3.80. The molecule has 1 fully saturated rings. The number of primary amides is 1. The van der Waals surface area contributed by atoms with Crippen LogP contribution in [0.3, 0.4) is 0 Å². The molecule has 0 aromatic carbocycles. The van der Waals surface area contributed by atoms with Crippen LogP contribution in [0.2, 0.25) is 0 Å². The van der Waals surface area contributed by atoms with Gasteiger partial charge >= 0.3 is 6.03 Å². The van der Waals surface area contributed by atoms with Crippen molar-refractivity contribution in [2.24, 2.45) is 5.73 Å². The molecule has 1 aliphatic heterocycles. The van der Waals surface area contributed by atoms with E-state index >= 15 is 0 Å². The van der Waals surface area contributed by atoms with Gasteiger partial charge in [0, 0.05) is 17.5 Å². The Hall–Kier alpha value is -1.60. The van der Waals surface area contributed by atoms with Gasteiger partial charge in [0.05, 0.1) is 5.56 Å². The third kappa shape index (κ3) is 4.44. The van der Waals surface area contributed by atoms with Crippen LogP contribution >= 0.6 is 11.3 Å². The van der Waals surface area contributed by atoms with Crippen LogP contribution in [0.4, 0.5) is 9.80 Å². The average molecular weight is 310 g/mol. The first kappa shape index (κ1) is 15.8. The topological polar surface area (TPSA) is 96.2 Å². The zero-order chi connectivity index (χ0) is 15.2. The minimum atomic E-state index is -0.648. The lowest BCUT2D eigenvalue weighted by Gasteiger charge is -2.16. The van der Waals surface area contributed by atoms with Gasteiger partial charge in [-0.3, -0.25) is 10.1 Å². The molecule has 0 aliphatic carbocycles. The highest BCUT2D eigenvalue weighted by Gasteiger charge is 2.20. The molecule has 0 unspecified atom stereocenters. The number of hydrogen-bond acceptors (Lipinski definition) is 4. The monoisotopic (exact) mass is 310 g/mol. The van der Waals surface area contributed by atoms with Gasteiger partial charge < -0.3 is 16.4 Å². The molecule has 0 saturated carbocycles.